The Morgan fingerprint density at radius 1 is 1.06 bits per heavy atom. The van der Waals surface area contributed by atoms with E-state index in [0.717, 1.165) is 0 Å². The number of hydrogen-bond acceptors (Lipinski definition) is 2. The summed E-state index contributed by atoms with van der Waals surface area (Å²) < 4.78 is 5.52. The molecule has 1 heterocycles. The first-order valence-electron chi connectivity index (χ1n) is 6.90. The van der Waals surface area contributed by atoms with E-state index in [1.54, 1.807) is 0 Å². The van der Waals surface area contributed by atoms with Gasteiger partial charge in [-0.3, -0.25) is 0 Å². The maximum Gasteiger partial charge on any atom is 0.102 e. The first-order chi connectivity index (χ1) is 7.88. The lowest BCUT2D eigenvalue weighted by Crippen LogP contribution is -1.95. The molecule has 1 aliphatic heterocycles. The zero-order chi connectivity index (χ0) is 11.6. The molecular formula is C14H27NO. The lowest BCUT2D eigenvalue weighted by atomic mass is 10.1. The van der Waals surface area contributed by atoms with Gasteiger partial charge in [-0.05, 0) is 6.42 Å². The Morgan fingerprint density at radius 3 is 2.44 bits per heavy atom. The molecule has 2 atom stereocenters. The molecule has 94 valence electrons. The van der Waals surface area contributed by atoms with Gasteiger partial charge in [-0.2, -0.15) is 0 Å². The van der Waals surface area contributed by atoms with Gasteiger partial charge < -0.3 is 10.5 Å². The van der Waals surface area contributed by atoms with Gasteiger partial charge in [0.25, 0.3) is 0 Å². The number of ether oxygens (including phenoxy) is 1. The Hall–Kier alpha value is -0.340. The van der Waals surface area contributed by atoms with Crippen LogP contribution in [0.4, 0.5) is 0 Å². The summed E-state index contributed by atoms with van der Waals surface area (Å²) in [7, 11) is 0. The minimum Gasteiger partial charge on any atom is -0.365 e. The minimum absolute atomic E-state index is 0.378. The third kappa shape index (κ3) is 6.29. The van der Waals surface area contributed by atoms with E-state index >= 15 is 0 Å². The summed E-state index contributed by atoms with van der Waals surface area (Å²) in [6, 6.07) is 0. The third-order valence-electron chi connectivity index (χ3n) is 3.18. The van der Waals surface area contributed by atoms with Gasteiger partial charge in [-0.15, -0.1) is 0 Å². The molecule has 16 heavy (non-hydrogen) atoms. The van der Waals surface area contributed by atoms with Crippen molar-refractivity contribution in [3.8, 4) is 0 Å². The average molecular weight is 225 g/mol. The van der Waals surface area contributed by atoms with Gasteiger partial charge in [0.1, 0.15) is 6.10 Å². The van der Waals surface area contributed by atoms with Crippen LogP contribution in [0.3, 0.4) is 0 Å². The van der Waals surface area contributed by atoms with E-state index in [1.807, 2.05) is 6.08 Å². The predicted octanol–water partition coefficient (Wildman–Crippen LogP) is 3.41. The van der Waals surface area contributed by atoms with Crippen molar-refractivity contribution in [2.45, 2.75) is 70.5 Å². The number of rotatable bonds is 10. The van der Waals surface area contributed by atoms with Crippen molar-refractivity contribution in [3.05, 3.63) is 12.2 Å². The lowest BCUT2D eigenvalue weighted by Gasteiger charge is -1.99. The molecule has 1 rings (SSSR count). The zero-order valence-electron chi connectivity index (χ0n) is 10.7. The summed E-state index contributed by atoms with van der Waals surface area (Å²) in [5, 5.41) is 0. The molecule has 0 aromatic rings. The first-order valence-corrected chi connectivity index (χ1v) is 6.90. The molecule has 0 aromatic carbocycles. The van der Waals surface area contributed by atoms with E-state index in [1.165, 1.54) is 51.4 Å². The second-order valence-corrected chi connectivity index (χ2v) is 4.71. The molecule has 0 aromatic heterocycles. The van der Waals surface area contributed by atoms with Crippen molar-refractivity contribution in [1.82, 2.24) is 0 Å². The van der Waals surface area contributed by atoms with Gasteiger partial charge in [0.15, 0.2) is 0 Å². The summed E-state index contributed by atoms with van der Waals surface area (Å²) in [6.45, 7) is 2.89. The quantitative estimate of drug-likeness (QED) is 0.351. The van der Waals surface area contributed by atoms with Crippen LogP contribution in [0.5, 0.6) is 0 Å². The number of unbranched alkanes of at least 4 members (excludes halogenated alkanes) is 6. The summed E-state index contributed by atoms with van der Waals surface area (Å²) in [5.41, 5.74) is 5.39. The Kier molecular flexibility index (Phi) is 7.52. The van der Waals surface area contributed by atoms with Gasteiger partial charge in [-0.25, -0.2) is 0 Å². The molecule has 0 unspecified atom stereocenters. The number of epoxide rings is 1. The molecular weight excluding hydrogens is 198 g/mol. The molecule has 2 nitrogen and oxygen atoms in total. The van der Waals surface area contributed by atoms with Crippen LogP contribution >= 0.6 is 0 Å². The minimum atomic E-state index is 0.378. The summed E-state index contributed by atoms with van der Waals surface area (Å²) >= 11 is 0. The van der Waals surface area contributed by atoms with E-state index < -0.39 is 0 Å². The molecule has 2 N–H and O–H groups in total. The van der Waals surface area contributed by atoms with Crippen LogP contribution < -0.4 is 5.73 Å². The Labute approximate surface area is 100 Å². The molecule has 2 heteroatoms. The smallest absolute Gasteiger partial charge is 0.102 e. The molecule has 0 spiro atoms. The van der Waals surface area contributed by atoms with Crippen LogP contribution in [0.15, 0.2) is 12.2 Å². The van der Waals surface area contributed by atoms with Gasteiger partial charge >= 0.3 is 0 Å². The molecule has 0 bridgehead atoms. The van der Waals surface area contributed by atoms with Crippen LogP contribution in [0, 0.1) is 0 Å². The predicted molar refractivity (Wildman–Crippen MR) is 69.5 cm³/mol. The number of hydrogen-bond donors (Lipinski definition) is 1. The summed E-state index contributed by atoms with van der Waals surface area (Å²) in [5.74, 6) is 0. The standard InChI is InChI=1S/C14H27NO/c1-2-3-4-5-6-7-8-10-13-14(16-13)11-9-12-15/h9,11,13-14H,2-8,10,12,15H2,1H3/b11-9-/t13-,14+/m0/s1. The molecule has 0 aliphatic carbocycles. The summed E-state index contributed by atoms with van der Waals surface area (Å²) in [6.07, 6.45) is 15.9. The summed E-state index contributed by atoms with van der Waals surface area (Å²) in [4.78, 5) is 0. The Morgan fingerprint density at radius 2 is 1.75 bits per heavy atom. The van der Waals surface area contributed by atoms with Gasteiger partial charge in [0, 0.05) is 6.54 Å². The fourth-order valence-corrected chi connectivity index (χ4v) is 2.07. The highest BCUT2D eigenvalue weighted by molar-refractivity contribution is 5.02. The van der Waals surface area contributed by atoms with E-state index in [9.17, 15) is 0 Å². The highest BCUT2D eigenvalue weighted by Gasteiger charge is 2.35. The maximum absolute atomic E-state index is 5.52. The van der Waals surface area contributed by atoms with Crippen LogP contribution in [0.25, 0.3) is 0 Å². The SMILES string of the molecule is CCCCCCCCC[C@@H]1O[C@@H]1/C=C\CN. The van der Waals surface area contributed by atoms with E-state index in [2.05, 4.69) is 13.0 Å². The second-order valence-electron chi connectivity index (χ2n) is 4.71. The van der Waals surface area contributed by atoms with Crippen molar-refractivity contribution in [2.24, 2.45) is 5.73 Å². The molecule has 0 radical (unpaired) electrons. The van der Waals surface area contributed by atoms with Gasteiger partial charge in [-0.1, -0.05) is 64.0 Å². The lowest BCUT2D eigenvalue weighted by molar-refractivity contribution is 0.372. The normalized spacial score (nSPS) is 24.1. The molecule has 1 saturated heterocycles. The van der Waals surface area contributed by atoms with E-state index in [-0.39, 0.29) is 0 Å². The highest BCUT2D eigenvalue weighted by atomic mass is 16.6. The number of nitrogens with two attached hydrogens (primary N) is 1. The third-order valence-corrected chi connectivity index (χ3v) is 3.18. The van der Waals surface area contributed by atoms with Crippen molar-refractivity contribution in [3.63, 3.8) is 0 Å². The average Bonchev–Trinajstić information content (AvgIpc) is 3.04. The largest absolute Gasteiger partial charge is 0.365 e. The highest BCUT2D eigenvalue weighted by Crippen LogP contribution is 2.28. The van der Waals surface area contributed by atoms with Crippen LogP contribution in [-0.2, 0) is 4.74 Å². The van der Waals surface area contributed by atoms with Crippen LogP contribution in [-0.4, -0.2) is 18.8 Å². The zero-order valence-corrected chi connectivity index (χ0v) is 10.7. The van der Waals surface area contributed by atoms with Crippen molar-refractivity contribution >= 4 is 0 Å². The first kappa shape index (κ1) is 13.7. The Bertz CT molecular complexity index is 191. The molecule has 0 amide bonds. The second kappa shape index (κ2) is 8.77. The van der Waals surface area contributed by atoms with Gasteiger partial charge in [0.2, 0.25) is 0 Å². The van der Waals surface area contributed by atoms with Crippen molar-refractivity contribution in [1.29, 1.82) is 0 Å². The van der Waals surface area contributed by atoms with Crippen LogP contribution in [0.2, 0.25) is 0 Å². The van der Waals surface area contributed by atoms with E-state index in [4.69, 9.17) is 10.5 Å². The maximum atomic E-state index is 5.52. The monoisotopic (exact) mass is 225 g/mol. The molecule has 1 fully saturated rings. The topological polar surface area (TPSA) is 38.5 Å². The Balaban J connectivity index is 1.81. The van der Waals surface area contributed by atoms with Crippen molar-refractivity contribution in [2.75, 3.05) is 6.54 Å². The van der Waals surface area contributed by atoms with E-state index in [0.29, 0.717) is 18.8 Å². The fraction of sp³-hybridized carbons (Fsp3) is 0.857. The van der Waals surface area contributed by atoms with Crippen molar-refractivity contribution < 1.29 is 4.74 Å². The molecule has 1 aliphatic rings. The molecule has 0 saturated carbocycles. The fourth-order valence-electron chi connectivity index (χ4n) is 2.07. The van der Waals surface area contributed by atoms with Crippen LogP contribution in [0.1, 0.15) is 58.3 Å². The van der Waals surface area contributed by atoms with Gasteiger partial charge in [0.05, 0.1) is 6.10 Å².